The van der Waals surface area contributed by atoms with E-state index in [2.05, 4.69) is 20.8 Å². The summed E-state index contributed by atoms with van der Waals surface area (Å²) in [6.07, 6.45) is 13.8. The van der Waals surface area contributed by atoms with Crippen LogP contribution < -0.4 is 0 Å². The maximum Gasteiger partial charge on any atom is 0.410 e. The Hall–Kier alpha value is -1.85. The Balaban J connectivity index is 1.09. The van der Waals surface area contributed by atoms with Gasteiger partial charge < -0.3 is 19.1 Å². The van der Waals surface area contributed by atoms with Crippen molar-refractivity contribution in [3.05, 3.63) is 47.0 Å². The van der Waals surface area contributed by atoms with E-state index in [0.29, 0.717) is 24.0 Å². The van der Waals surface area contributed by atoms with E-state index in [-0.39, 0.29) is 23.8 Å². The molecule has 5 fully saturated rings. The number of piperidine rings is 1. The van der Waals surface area contributed by atoms with Crippen molar-refractivity contribution in [3.8, 4) is 0 Å². The molecule has 5 heteroatoms. The molecule has 7 rings (SSSR count). The molecule has 41 heavy (non-hydrogen) atoms. The van der Waals surface area contributed by atoms with E-state index in [4.69, 9.17) is 14.2 Å². The van der Waals surface area contributed by atoms with Gasteiger partial charge in [-0.3, -0.25) is 0 Å². The Kier molecular flexibility index (Phi) is 7.29. The van der Waals surface area contributed by atoms with Crippen molar-refractivity contribution in [2.45, 2.75) is 122 Å². The second kappa shape index (κ2) is 10.7. The molecule has 0 unspecified atom stereocenters. The second-order valence-electron chi connectivity index (χ2n) is 14.9. The van der Waals surface area contributed by atoms with Crippen molar-refractivity contribution >= 4 is 6.09 Å². The molecule has 3 saturated carbocycles. The molecular weight excluding hydrogens is 510 g/mol. The summed E-state index contributed by atoms with van der Waals surface area (Å²) < 4.78 is 18.8. The molecule has 0 radical (unpaired) electrons. The minimum Gasteiger partial charge on any atom is -0.445 e. The molecule has 0 N–H and O–H groups in total. The van der Waals surface area contributed by atoms with Crippen LogP contribution in [0, 0.1) is 35.0 Å². The monoisotopic (exact) mass is 561 g/mol. The predicted molar refractivity (Wildman–Crippen MR) is 160 cm³/mol. The zero-order chi connectivity index (χ0) is 28.4. The number of methoxy groups -OCH3 is 1. The Bertz CT molecular complexity index is 1170. The highest BCUT2D eigenvalue weighted by Gasteiger charge is 2.60. The highest BCUT2D eigenvalue weighted by Crippen LogP contribution is 2.65. The molecular formula is C36H51NO4. The summed E-state index contributed by atoms with van der Waals surface area (Å²) in [5.41, 5.74) is 4.74. The van der Waals surface area contributed by atoms with Gasteiger partial charge in [-0.25, -0.2) is 4.79 Å². The van der Waals surface area contributed by atoms with E-state index in [0.717, 1.165) is 61.5 Å². The van der Waals surface area contributed by atoms with Crippen LogP contribution in [-0.4, -0.2) is 48.5 Å². The van der Waals surface area contributed by atoms with E-state index in [1.807, 2.05) is 42.3 Å². The molecule has 1 aromatic carbocycles. The van der Waals surface area contributed by atoms with Gasteiger partial charge in [0.25, 0.3) is 0 Å². The van der Waals surface area contributed by atoms with E-state index in [9.17, 15) is 4.79 Å². The molecule has 1 aromatic rings. The summed E-state index contributed by atoms with van der Waals surface area (Å²) in [7, 11) is 1.91. The summed E-state index contributed by atoms with van der Waals surface area (Å²) >= 11 is 0. The third-order valence-corrected chi connectivity index (χ3v) is 13.2. The molecule has 1 spiro atoms. The molecule has 224 valence electrons. The summed E-state index contributed by atoms with van der Waals surface area (Å²) in [6.45, 7) is 8.54. The van der Waals surface area contributed by atoms with Gasteiger partial charge in [0.2, 0.25) is 0 Å². The molecule has 1 amide bonds. The summed E-state index contributed by atoms with van der Waals surface area (Å²) in [5.74, 6) is 3.52. The van der Waals surface area contributed by atoms with Crippen LogP contribution >= 0.6 is 0 Å². The minimum absolute atomic E-state index is 0.112. The van der Waals surface area contributed by atoms with Crippen LogP contribution in [-0.2, 0) is 20.8 Å². The molecule has 2 aliphatic heterocycles. The van der Waals surface area contributed by atoms with Gasteiger partial charge in [0.1, 0.15) is 6.61 Å². The van der Waals surface area contributed by atoms with Gasteiger partial charge in [0.15, 0.2) is 0 Å². The molecule has 2 saturated heterocycles. The van der Waals surface area contributed by atoms with Crippen LogP contribution in [0.1, 0.15) is 97.0 Å². The van der Waals surface area contributed by atoms with Crippen molar-refractivity contribution in [3.63, 3.8) is 0 Å². The molecule has 2 heterocycles. The standard InChI is InChI=1S/C36H51NO4/c1-23-21-36(17-15-28-29-13-12-26-19-27(39-4)14-16-35(26,3)31(29)20-30(23)28)24(2)33-32(41-36)11-8-18-37(33)34(38)40-22-25-9-6-5-7-10-25/h5-7,9-10,24,26-29,31-33H,8,11-22H2,1-4H3/t24-,26-,27-,28+,29+,31+,32-,33+,35+,36+/m1/s1. The Morgan fingerprint density at radius 2 is 1.93 bits per heavy atom. The number of fused-ring (bicyclic) bond motifs is 6. The zero-order valence-electron chi connectivity index (χ0n) is 25.8. The van der Waals surface area contributed by atoms with Crippen molar-refractivity contribution in [1.82, 2.24) is 4.90 Å². The first-order valence-electron chi connectivity index (χ1n) is 16.7. The molecule has 5 nitrogen and oxygen atoms in total. The van der Waals surface area contributed by atoms with Gasteiger partial charge >= 0.3 is 6.09 Å². The number of benzene rings is 1. The number of carbonyl (C=O) groups excluding carboxylic acids is 1. The molecule has 4 aliphatic carbocycles. The fourth-order valence-electron chi connectivity index (χ4n) is 11.0. The smallest absolute Gasteiger partial charge is 0.410 e. The first-order chi connectivity index (χ1) is 19.8. The Labute approximate surface area is 247 Å². The van der Waals surface area contributed by atoms with Gasteiger partial charge in [-0.2, -0.15) is 0 Å². The topological polar surface area (TPSA) is 48.0 Å². The number of allylic oxidation sites excluding steroid dienone is 1. The summed E-state index contributed by atoms with van der Waals surface area (Å²) in [4.78, 5) is 15.4. The van der Waals surface area contributed by atoms with Gasteiger partial charge in [-0.15, -0.1) is 0 Å². The number of carbonyl (C=O) groups is 1. The van der Waals surface area contributed by atoms with Gasteiger partial charge in [-0.05, 0) is 112 Å². The predicted octanol–water partition coefficient (Wildman–Crippen LogP) is 7.93. The lowest BCUT2D eigenvalue weighted by atomic mass is 9.52. The highest BCUT2D eigenvalue weighted by atomic mass is 16.6. The first kappa shape index (κ1) is 28.0. The summed E-state index contributed by atoms with van der Waals surface area (Å²) in [6, 6.07) is 10.1. The average molecular weight is 562 g/mol. The van der Waals surface area contributed by atoms with E-state index in [1.54, 1.807) is 11.1 Å². The van der Waals surface area contributed by atoms with Crippen LogP contribution in [0.2, 0.25) is 0 Å². The number of hydrogen-bond donors (Lipinski definition) is 0. The van der Waals surface area contributed by atoms with E-state index in [1.165, 1.54) is 44.9 Å². The number of likely N-dealkylation sites (tertiary alicyclic amines) is 1. The number of hydrogen-bond acceptors (Lipinski definition) is 4. The minimum atomic E-state index is -0.173. The average Bonchev–Trinajstić information content (AvgIpc) is 3.46. The SMILES string of the molecule is CO[C@@H]1CC[C@@]2(C)[C@H](CC[C@H]3[C@@H]4CC[C@@]5(CC(C)=C4C[C@@H]32)O[C@@H]2CCCN(C(=O)OCc3ccccc3)[C@H]2[C@H]5C)C1. The van der Waals surface area contributed by atoms with Gasteiger partial charge in [-0.1, -0.05) is 55.3 Å². The van der Waals surface area contributed by atoms with E-state index >= 15 is 0 Å². The third-order valence-electron chi connectivity index (χ3n) is 13.2. The second-order valence-corrected chi connectivity index (χ2v) is 14.9. The fraction of sp³-hybridized carbons (Fsp3) is 0.750. The summed E-state index contributed by atoms with van der Waals surface area (Å²) in [5, 5.41) is 0. The van der Waals surface area contributed by atoms with Gasteiger partial charge in [0, 0.05) is 19.6 Å². The quantitative estimate of drug-likeness (QED) is 0.352. The van der Waals surface area contributed by atoms with E-state index < -0.39 is 0 Å². The first-order valence-corrected chi connectivity index (χ1v) is 16.7. The number of ether oxygens (including phenoxy) is 3. The van der Waals surface area contributed by atoms with Crippen molar-refractivity contribution in [2.75, 3.05) is 13.7 Å². The Morgan fingerprint density at radius 3 is 2.73 bits per heavy atom. The normalized spacial score (nSPS) is 43.7. The third kappa shape index (κ3) is 4.60. The van der Waals surface area contributed by atoms with Crippen LogP contribution in [0.4, 0.5) is 4.79 Å². The molecule has 0 aromatic heterocycles. The van der Waals surface area contributed by atoms with Crippen LogP contribution in [0.3, 0.4) is 0 Å². The van der Waals surface area contributed by atoms with Crippen molar-refractivity contribution < 1.29 is 19.0 Å². The lowest BCUT2D eigenvalue weighted by Gasteiger charge is -2.54. The van der Waals surface area contributed by atoms with Crippen LogP contribution in [0.15, 0.2) is 41.5 Å². The number of rotatable bonds is 3. The maximum atomic E-state index is 13.4. The zero-order valence-corrected chi connectivity index (χ0v) is 25.8. The lowest BCUT2D eigenvalue weighted by Crippen LogP contribution is -2.52. The lowest BCUT2D eigenvalue weighted by molar-refractivity contribution is -0.0840. The number of amides is 1. The number of nitrogens with zero attached hydrogens (tertiary/aromatic N) is 1. The van der Waals surface area contributed by atoms with Gasteiger partial charge in [0.05, 0.1) is 23.9 Å². The van der Waals surface area contributed by atoms with Crippen LogP contribution in [0.5, 0.6) is 0 Å². The van der Waals surface area contributed by atoms with Crippen molar-refractivity contribution in [1.29, 1.82) is 0 Å². The molecule has 0 bridgehead atoms. The fourth-order valence-corrected chi connectivity index (χ4v) is 11.0. The largest absolute Gasteiger partial charge is 0.445 e. The van der Waals surface area contributed by atoms with Crippen molar-refractivity contribution in [2.24, 2.45) is 35.0 Å². The van der Waals surface area contributed by atoms with Crippen LogP contribution in [0.25, 0.3) is 0 Å². The molecule has 6 aliphatic rings. The molecule has 10 atom stereocenters. The Morgan fingerprint density at radius 1 is 1.10 bits per heavy atom. The highest BCUT2D eigenvalue weighted by molar-refractivity contribution is 5.68. The maximum absolute atomic E-state index is 13.4.